The van der Waals surface area contributed by atoms with Crippen molar-refractivity contribution in [1.29, 1.82) is 0 Å². The number of carbonyl (C=O) groups is 1. The maximum atomic E-state index is 12.8. The molecule has 4 aromatic rings. The molecule has 0 saturated carbocycles. The van der Waals surface area contributed by atoms with Gasteiger partial charge < -0.3 is 10.3 Å². The number of hydrogen-bond donors (Lipinski definition) is 2. The zero-order valence-electron chi connectivity index (χ0n) is 15.1. The molecule has 4 nitrogen and oxygen atoms in total. The van der Waals surface area contributed by atoms with E-state index >= 15 is 0 Å². The first-order chi connectivity index (χ1) is 13.6. The zero-order chi connectivity index (χ0) is 19.5. The quantitative estimate of drug-likeness (QED) is 0.380. The highest BCUT2D eigenvalue weighted by Crippen LogP contribution is 2.23. The monoisotopic (exact) mass is 390 g/mol. The van der Waals surface area contributed by atoms with Crippen molar-refractivity contribution in [3.63, 3.8) is 0 Å². The third-order valence-electron chi connectivity index (χ3n) is 4.83. The van der Waals surface area contributed by atoms with Gasteiger partial charge in [0.05, 0.1) is 16.5 Å². The second-order valence-corrected chi connectivity index (χ2v) is 7.18. The Balaban J connectivity index is 1.57. The van der Waals surface area contributed by atoms with Crippen molar-refractivity contribution in [1.82, 2.24) is 10.3 Å². The maximum absolute atomic E-state index is 12.8. The number of para-hydroxylation sites is 2. The summed E-state index contributed by atoms with van der Waals surface area (Å²) >= 11 is 6.42. The molecular weight excluding hydrogens is 372 g/mol. The van der Waals surface area contributed by atoms with Crippen LogP contribution in [0.3, 0.4) is 0 Å². The Kier molecular flexibility index (Phi) is 5.13. The van der Waals surface area contributed by atoms with Crippen molar-refractivity contribution in [2.45, 2.75) is 11.8 Å². The minimum atomic E-state index is -0.228. The topological polar surface area (TPSA) is 62.0 Å². The molecule has 0 radical (unpaired) electrons. The average Bonchev–Trinajstić information content (AvgIpc) is 2.74. The molecule has 1 unspecified atom stereocenters. The lowest BCUT2D eigenvalue weighted by Gasteiger charge is -2.12. The third-order valence-corrected chi connectivity index (χ3v) is 5.30. The van der Waals surface area contributed by atoms with Crippen LogP contribution in [0.1, 0.15) is 27.7 Å². The second-order valence-electron chi connectivity index (χ2n) is 6.65. The Hall–Kier alpha value is -3.11. The van der Waals surface area contributed by atoms with Gasteiger partial charge in [-0.05, 0) is 36.2 Å². The number of nitrogens with one attached hydrogen (secondary N) is 2. The van der Waals surface area contributed by atoms with Crippen LogP contribution in [-0.2, 0) is 0 Å². The zero-order valence-corrected chi connectivity index (χ0v) is 15.9. The van der Waals surface area contributed by atoms with Gasteiger partial charge in [0.15, 0.2) is 5.43 Å². The number of carbonyl (C=O) groups excluding carboxylic acids is 1. The molecule has 1 amide bonds. The van der Waals surface area contributed by atoms with E-state index in [-0.39, 0.29) is 16.7 Å². The number of aromatic nitrogens is 1. The lowest BCUT2D eigenvalue weighted by Crippen LogP contribution is -2.26. The molecule has 0 fully saturated rings. The molecule has 5 heteroatoms. The highest BCUT2D eigenvalue weighted by Gasteiger charge is 2.14. The van der Waals surface area contributed by atoms with Crippen LogP contribution in [0.25, 0.3) is 21.8 Å². The number of rotatable bonds is 5. The predicted molar refractivity (Wildman–Crippen MR) is 114 cm³/mol. The van der Waals surface area contributed by atoms with Gasteiger partial charge in [0, 0.05) is 22.8 Å². The molecule has 28 heavy (non-hydrogen) atoms. The lowest BCUT2D eigenvalue weighted by molar-refractivity contribution is 0.0954. The number of fused-ring (bicyclic) bond motifs is 2. The van der Waals surface area contributed by atoms with E-state index in [4.69, 9.17) is 11.6 Å². The molecule has 0 aliphatic rings. The van der Waals surface area contributed by atoms with Crippen molar-refractivity contribution < 1.29 is 4.79 Å². The summed E-state index contributed by atoms with van der Waals surface area (Å²) in [4.78, 5) is 28.7. The van der Waals surface area contributed by atoms with E-state index in [1.165, 1.54) is 0 Å². The minimum absolute atomic E-state index is 0.0797. The van der Waals surface area contributed by atoms with Gasteiger partial charge in [-0.15, -0.1) is 11.6 Å². The number of amides is 1. The minimum Gasteiger partial charge on any atom is -0.354 e. The highest BCUT2D eigenvalue weighted by molar-refractivity contribution is 6.20. The van der Waals surface area contributed by atoms with Gasteiger partial charge in [0.25, 0.3) is 5.91 Å². The predicted octanol–water partition coefficient (Wildman–Crippen LogP) is 4.78. The summed E-state index contributed by atoms with van der Waals surface area (Å²) in [5.41, 5.74) is 2.66. The summed E-state index contributed by atoms with van der Waals surface area (Å²) < 4.78 is 0. The van der Waals surface area contributed by atoms with Crippen LogP contribution < -0.4 is 10.7 Å². The molecule has 4 rings (SSSR count). The highest BCUT2D eigenvalue weighted by atomic mass is 35.5. The van der Waals surface area contributed by atoms with E-state index in [9.17, 15) is 9.59 Å². The van der Waals surface area contributed by atoms with Crippen LogP contribution in [0.4, 0.5) is 0 Å². The summed E-state index contributed by atoms with van der Waals surface area (Å²) in [6, 6.07) is 22.3. The largest absolute Gasteiger partial charge is 0.354 e. The molecule has 0 spiro atoms. The number of aromatic amines is 1. The molecular formula is C23H19ClN2O2. The molecule has 1 atom stereocenters. The van der Waals surface area contributed by atoms with Crippen LogP contribution in [0, 0.1) is 0 Å². The van der Waals surface area contributed by atoms with Gasteiger partial charge in [-0.25, -0.2) is 0 Å². The number of H-pyrrole nitrogens is 1. The van der Waals surface area contributed by atoms with Gasteiger partial charge >= 0.3 is 0 Å². The van der Waals surface area contributed by atoms with Gasteiger partial charge in [0.1, 0.15) is 0 Å². The Morgan fingerprint density at radius 1 is 0.929 bits per heavy atom. The van der Waals surface area contributed by atoms with E-state index in [2.05, 4.69) is 10.3 Å². The summed E-state index contributed by atoms with van der Waals surface area (Å²) in [5, 5.41) is 3.86. The SMILES string of the molecule is O=C(NCCC(Cl)c1ccccc1)c1cccc2c(=O)c3ccccc3[nH]c12. The molecule has 0 saturated heterocycles. The molecule has 1 aromatic heterocycles. The number of alkyl halides is 1. The standard InChI is InChI=1S/C23H19ClN2O2/c24-19(15-7-2-1-3-8-15)13-14-25-23(28)18-11-6-10-17-21(18)26-20-12-5-4-9-16(20)22(17)27/h1-12,19H,13-14H2,(H,25,28)(H,26,27). The van der Waals surface area contributed by atoms with Crippen molar-refractivity contribution in [2.24, 2.45) is 0 Å². The van der Waals surface area contributed by atoms with Gasteiger partial charge in [0.2, 0.25) is 0 Å². The average molecular weight is 391 g/mol. The van der Waals surface area contributed by atoms with E-state index in [1.807, 2.05) is 48.5 Å². The fraction of sp³-hybridized carbons (Fsp3) is 0.130. The molecule has 140 valence electrons. The fourth-order valence-electron chi connectivity index (χ4n) is 3.37. The number of halogens is 1. The van der Waals surface area contributed by atoms with Crippen LogP contribution in [0.15, 0.2) is 77.6 Å². The maximum Gasteiger partial charge on any atom is 0.253 e. The van der Waals surface area contributed by atoms with Crippen LogP contribution in [0.5, 0.6) is 0 Å². The summed E-state index contributed by atoms with van der Waals surface area (Å²) in [5.74, 6) is -0.228. The lowest BCUT2D eigenvalue weighted by atomic mass is 10.1. The van der Waals surface area contributed by atoms with Crippen molar-refractivity contribution in [2.75, 3.05) is 6.54 Å². The van der Waals surface area contributed by atoms with E-state index in [0.717, 1.165) is 5.56 Å². The third kappa shape index (κ3) is 3.51. The van der Waals surface area contributed by atoms with Gasteiger partial charge in [-0.1, -0.05) is 48.5 Å². The van der Waals surface area contributed by atoms with Crippen molar-refractivity contribution in [3.8, 4) is 0 Å². The van der Waals surface area contributed by atoms with E-state index in [0.29, 0.717) is 40.3 Å². The Labute approximate surface area is 167 Å². The van der Waals surface area contributed by atoms with E-state index < -0.39 is 0 Å². The van der Waals surface area contributed by atoms with Gasteiger partial charge in [-0.2, -0.15) is 0 Å². The molecule has 1 heterocycles. The first kappa shape index (κ1) is 18.3. The number of hydrogen-bond acceptors (Lipinski definition) is 2. The number of pyridine rings is 1. The smallest absolute Gasteiger partial charge is 0.253 e. The molecule has 2 N–H and O–H groups in total. The van der Waals surface area contributed by atoms with Crippen LogP contribution in [-0.4, -0.2) is 17.4 Å². The van der Waals surface area contributed by atoms with Crippen LogP contribution in [0.2, 0.25) is 0 Å². The number of benzene rings is 3. The Morgan fingerprint density at radius 2 is 1.64 bits per heavy atom. The van der Waals surface area contributed by atoms with Crippen LogP contribution >= 0.6 is 11.6 Å². The first-order valence-corrected chi connectivity index (χ1v) is 9.60. The van der Waals surface area contributed by atoms with Crippen molar-refractivity contribution in [3.05, 3.63) is 94.1 Å². The fourth-order valence-corrected chi connectivity index (χ4v) is 3.63. The first-order valence-electron chi connectivity index (χ1n) is 9.16. The Morgan fingerprint density at radius 3 is 2.46 bits per heavy atom. The van der Waals surface area contributed by atoms with E-state index in [1.54, 1.807) is 24.3 Å². The summed E-state index contributed by atoms with van der Waals surface area (Å²) in [6.07, 6.45) is 0.613. The summed E-state index contributed by atoms with van der Waals surface area (Å²) in [6.45, 7) is 0.441. The van der Waals surface area contributed by atoms with Gasteiger partial charge in [-0.3, -0.25) is 9.59 Å². The molecule has 0 aliphatic carbocycles. The second kappa shape index (κ2) is 7.87. The molecule has 0 aliphatic heterocycles. The molecule has 3 aromatic carbocycles. The Bertz CT molecular complexity index is 1200. The molecule has 0 bridgehead atoms. The van der Waals surface area contributed by atoms with Crippen molar-refractivity contribution >= 4 is 39.3 Å². The normalized spacial score (nSPS) is 12.2. The summed E-state index contributed by atoms with van der Waals surface area (Å²) in [7, 11) is 0.